The quantitative estimate of drug-likeness (QED) is 0.443. The number of hydrogen-bond donors (Lipinski definition) is 0. The van der Waals surface area contributed by atoms with Crippen LogP contribution in [-0.4, -0.2) is 12.6 Å². The van der Waals surface area contributed by atoms with Crippen LogP contribution in [0.5, 0.6) is 0 Å². The summed E-state index contributed by atoms with van der Waals surface area (Å²) in [4.78, 5) is 10.6. The topological polar surface area (TPSA) is 26.3 Å². The zero-order chi connectivity index (χ0) is 7.98. The molecule has 0 aliphatic heterocycles. The second kappa shape index (κ2) is 5.03. The number of carbonyl (C=O) groups excluding carboxylic acids is 1. The first-order chi connectivity index (χ1) is 4.66. The van der Waals surface area contributed by atoms with Gasteiger partial charge in [-0.15, -0.1) is 0 Å². The molecule has 0 amide bonds. The van der Waals surface area contributed by atoms with E-state index in [-0.39, 0.29) is 5.97 Å². The lowest BCUT2D eigenvalue weighted by Crippen LogP contribution is -1.99. The summed E-state index contributed by atoms with van der Waals surface area (Å²) in [5.41, 5.74) is 0. The molecule has 2 nitrogen and oxygen atoms in total. The maximum Gasteiger partial charge on any atom is 0.330 e. The molecular formula is C8H14O2. The van der Waals surface area contributed by atoms with Gasteiger partial charge in [0.25, 0.3) is 0 Å². The van der Waals surface area contributed by atoms with Gasteiger partial charge in [0.15, 0.2) is 0 Å². The lowest BCUT2D eigenvalue weighted by Gasteiger charge is -1.95. The maximum atomic E-state index is 10.6. The molecule has 0 atom stereocenters. The van der Waals surface area contributed by atoms with Crippen molar-refractivity contribution in [2.45, 2.75) is 20.8 Å². The summed E-state index contributed by atoms with van der Waals surface area (Å²) in [7, 11) is 0. The highest BCUT2D eigenvalue weighted by atomic mass is 16.5. The van der Waals surface area contributed by atoms with Crippen molar-refractivity contribution in [1.29, 1.82) is 0 Å². The summed E-state index contributed by atoms with van der Waals surface area (Å²) in [5, 5.41) is 0. The zero-order valence-electron chi connectivity index (χ0n) is 6.76. The van der Waals surface area contributed by atoms with Gasteiger partial charge in [0.05, 0.1) is 6.61 Å². The normalized spacial score (nSPS) is 10.8. The fourth-order valence-corrected chi connectivity index (χ4v) is 0.461. The minimum absolute atomic E-state index is 0.254. The molecule has 0 saturated heterocycles. The number of carbonyl (C=O) groups is 1. The smallest absolute Gasteiger partial charge is 0.330 e. The Bertz CT molecular complexity index is 125. The van der Waals surface area contributed by atoms with Crippen LogP contribution >= 0.6 is 0 Å². The molecule has 0 bridgehead atoms. The monoisotopic (exact) mass is 142 g/mol. The third-order valence-electron chi connectivity index (χ3n) is 0.904. The van der Waals surface area contributed by atoms with E-state index in [0.29, 0.717) is 12.5 Å². The summed E-state index contributed by atoms with van der Waals surface area (Å²) in [6.07, 6.45) is 3.28. The second-order valence-corrected chi connectivity index (χ2v) is 2.36. The average Bonchev–Trinajstić information content (AvgIpc) is 1.85. The van der Waals surface area contributed by atoms with E-state index >= 15 is 0 Å². The van der Waals surface area contributed by atoms with Gasteiger partial charge in [-0.05, 0) is 12.8 Å². The van der Waals surface area contributed by atoms with E-state index in [4.69, 9.17) is 0 Å². The van der Waals surface area contributed by atoms with E-state index in [1.165, 1.54) is 6.08 Å². The molecule has 0 aliphatic rings. The van der Waals surface area contributed by atoms with Gasteiger partial charge >= 0.3 is 5.97 Å². The molecule has 0 unspecified atom stereocenters. The number of rotatable bonds is 3. The largest absolute Gasteiger partial charge is 0.463 e. The van der Waals surface area contributed by atoms with Crippen molar-refractivity contribution >= 4 is 5.97 Å². The van der Waals surface area contributed by atoms with E-state index in [1.54, 1.807) is 6.92 Å². The maximum absolute atomic E-state index is 10.6. The van der Waals surface area contributed by atoms with E-state index < -0.39 is 0 Å². The summed E-state index contributed by atoms with van der Waals surface area (Å²) in [5.74, 6) is 0.153. The van der Waals surface area contributed by atoms with Crippen LogP contribution in [0.4, 0.5) is 0 Å². The van der Waals surface area contributed by atoms with Crippen LogP contribution in [0.3, 0.4) is 0 Å². The van der Waals surface area contributed by atoms with Crippen LogP contribution in [0.1, 0.15) is 20.8 Å². The van der Waals surface area contributed by atoms with Gasteiger partial charge in [-0.2, -0.15) is 0 Å². The highest BCUT2D eigenvalue weighted by Gasteiger charge is 1.92. The fraction of sp³-hybridized carbons (Fsp3) is 0.625. The lowest BCUT2D eigenvalue weighted by atomic mass is 10.2. The van der Waals surface area contributed by atoms with Crippen molar-refractivity contribution in [3.8, 4) is 0 Å². The van der Waals surface area contributed by atoms with Crippen LogP contribution in [0.15, 0.2) is 12.2 Å². The van der Waals surface area contributed by atoms with E-state index in [9.17, 15) is 4.79 Å². The average molecular weight is 142 g/mol. The van der Waals surface area contributed by atoms with Gasteiger partial charge < -0.3 is 4.74 Å². The molecular weight excluding hydrogens is 128 g/mol. The Labute approximate surface area is 61.9 Å². The SMILES string of the molecule is CCOC(=O)/C=C\C(C)C. The molecule has 0 rings (SSSR count). The number of ether oxygens (including phenoxy) is 1. The highest BCUT2D eigenvalue weighted by molar-refractivity contribution is 5.81. The Hall–Kier alpha value is -0.790. The van der Waals surface area contributed by atoms with Crippen molar-refractivity contribution in [2.75, 3.05) is 6.61 Å². The summed E-state index contributed by atoms with van der Waals surface area (Å²) in [6, 6.07) is 0. The lowest BCUT2D eigenvalue weighted by molar-refractivity contribution is -0.137. The second-order valence-electron chi connectivity index (χ2n) is 2.36. The van der Waals surface area contributed by atoms with Gasteiger partial charge in [0, 0.05) is 6.08 Å². The van der Waals surface area contributed by atoms with Gasteiger partial charge in [-0.1, -0.05) is 19.9 Å². The minimum Gasteiger partial charge on any atom is -0.463 e. The summed E-state index contributed by atoms with van der Waals surface area (Å²) < 4.78 is 4.67. The molecule has 0 aromatic rings. The van der Waals surface area contributed by atoms with Crippen molar-refractivity contribution < 1.29 is 9.53 Å². The third-order valence-corrected chi connectivity index (χ3v) is 0.904. The first-order valence-electron chi connectivity index (χ1n) is 3.51. The Kier molecular flexibility index (Phi) is 4.63. The van der Waals surface area contributed by atoms with Crippen LogP contribution in [0.2, 0.25) is 0 Å². The van der Waals surface area contributed by atoms with Crippen LogP contribution in [0.25, 0.3) is 0 Å². The molecule has 58 valence electrons. The molecule has 0 radical (unpaired) electrons. The molecule has 0 aliphatic carbocycles. The number of hydrogen-bond acceptors (Lipinski definition) is 2. The predicted octanol–water partition coefficient (Wildman–Crippen LogP) is 1.76. The molecule has 0 fully saturated rings. The van der Waals surface area contributed by atoms with Crippen molar-refractivity contribution in [3.05, 3.63) is 12.2 Å². The van der Waals surface area contributed by atoms with Crippen molar-refractivity contribution in [3.63, 3.8) is 0 Å². The Morgan fingerprint density at radius 3 is 2.60 bits per heavy atom. The minimum atomic E-state index is -0.254. The Morgan fingerprint density at radius 2 is 2.20 bits per heavy atom. The predicted molar refractivity (Wildman–Crippen MR) is 40.6 cm³/mol. The van der Waals surface area contributed by atoms with Gasteiger partial charge in [0.1, 0.15) is 0 Å². The molecule has 0 spiro atoms. The van der Waals surface area contributed by atoms with E-state index in [1.807, 2.05) is 19.9 Å². The number of allylic oxidation sites excluding steroid dienone is 1. The fourth-order valence-electron chi connectivity index (χ4n) is 0.461. The molecule has 10 heavy (non-hydrogen) atoms. The van der Waals surface area contributed by atoms with Gasteiger partial charge in [-0.3, -0.25) is 0 Å². The van der Waals surface area contributed by atoms with Crippen LogP contribution in [0, 0.1) is 5.92 Å². The van der Waals surface area contributed by atoms with Crippen LogP contribution in [-0.2, 0) is 9.53 Å². The summed E-state index contributed by atoms with van der Waals surface area (Å²) >= 11 is 0. The standard InChI is InChI=1S/C8H14O2/c1-4-10-8(9)6-5-7(2)3/h5-7H,4H2,1-3H3/b6-5-. The molecule has 2 heteroatoms. The molecule has 0 aromatic heterocycles. The molecule has 0 heterocycles. The molecule has 0 aromatic carbocycles. The van der Waals surface area contributed by atoms with Crippen molar-refractivity contribution in [1.82, 2.24) is 0 Å². The first-order valence-corrected chi connectivity index (χ1v) is 3.51. The molecule has 0 saturated carbocycles. The van der Waals surface area contributed by atoms with Crippen molar-refractivity contribution in [2.24, 2.45) is 5.92 Å². The van der Waals surface area contributed by atoms with E-state index in [0.717, 1.165) is 0 Å². The Morgan fingerprint density at radius 1 is 1.60 bits per heavy atom. The molecule has 0 N–H and O–H groups in total. The van der Waals surface area contributed by atoms with Gasteiger partial charge in [-0.25, -0.2) is 4.79 Å². The first kappa shape index (κ1) is 9.21. The van der Waals surface area contributed by atoms with Gasteiger partial charge in [0.2, 0.25) is 0 Å². The third kappa shape index (κ3) is 5.35. The number of esters is 1. The van der Waals surface area contributed by atoms with E-state index in [2.05, 4.69) is 4.74 Å². The Balaban J connectivity index is 3.56. The summed E-state index contributed by atoms with van der Waals surface area (Å²) in [6.45, 7) is 6.26. The zero-order valence-corrected chi connectivity index (χ0v) is 6.76. The van der Waals surface area contributed by atoms with Crippen LogP contribution < -0.4 is 0 Å². The highest BCUT2D eigenvalue weighted by Crippen LogP contribution is 1.93.